The van der Waals surface area contributed by atoms with Gasteiger partial charge in [0.2, 0.25) is 0 Å². The van der Waals surface area contributed by atoms with E-state index in [0.717, 1.165) is 13.0 Å². The molecule has 0 bridgehead atoms. The van der Waals surface area contributed by atoms with Crippen molar-refractivity contribution in [1.82, 2.24) is 5.32 Å². The quantitative estimate of drug-likeness (QED) is 0.788. The molecule has 0 spiro atoms. The Balaban J connectivity index is 2.00. The van der Waals surface area contributed by atoms with E-state index >= 15 is 0 Å². The predicted molar refractivity (Wildman–Crippen MR) is 61.8 cm³/mol. The summed E-state index contributed by atoms with van der Waals surface area (Å²) in [6.45, 7) is 3.57. The molecule has 1 saturated heterocycles. The molecule has 1 aliphatic rings. The van der Waals surface area contributed by atoms with Crippen LogP contribution in [0.5, 0.6) is 0 Å². The lowest BCUT2D eigenvalue weighted by Gasteiger charge is -2.18. The molecule has 1 fully saturated rings. The Morgan fingerprint density at radius 3 is 2.73 bits per heavy atom. The van der Waals surface area contributed by atoms with Crippen LogP contribution in [-0.2, 0) is 0 Å². The molecule has 2 nitrogen and oxygen atoms in total. The Morgan fingerprint density at radius 2 is 2.13 bits per heavy atom. The fraction of sp³-hybridized carbons (Fsp3) is 0.538. The summed E-state index contributed by atoms with van der Waals surface area (Å²) in [7, 11) is 0. The SMILES string of the molecule is C[C@@H](c1ccccc1)[C@@H]1CNC(CO)C1. The zero-order valence-corrected chi connectivity index (χ0v) is 9.19. The Bertz CT molecular complexity index is 299. The van der Waals surface area contributed by atoms with Crippen LogP contribution < -0.4 is 5.32 Å². The van der Waals surface area contributed by atoms with E-state index in [2.05, 4.69) is 42.6 Å². The standard InChI is InChI=1S/C13H19NO/c1-10(11-5-3-2-4-6-11)12-7-13(9-15)14-8-12/h2-6,10,12-15H,7-9H2,1H3/t10-,12-,13?/m0/s1. The van der Waals surface area contributed by atoms with Gasteiger partial charge in [-0.2, -0.15) is 0 Å². The summed E-state index contributed by atoms with van der Waals surface area (Å²) in [5.41, 5.74) is 1.41. The van der Waals surface area contributed by atoms with Crippen LogP contribution in [0.15, 0.2) is 30.3 Å². The largest absolute Gasteiger partial charge is 0.395 e. The van der Waals surface area contributed by atoms with E-state index in [9.17, 15) is 0 Å². The Kier molecular flexibility index (Phi) is 3.39. The van der Waals surface area contributed by atoms with E-state index in [1.54, 1.807) is 0 Å². The van der Waals surface area contributed by atoms with Crippen LogP contribution in [0, 0.1) is 5.92 Å². The number of hydrogen-bond donors (Lipinski definition) is 2. The molecule has 1 aliphatic heterocycles. The fourth-order valence-corrected chi connectivity index (χ4v) is 2.40. The third-order valence-electron chi connectivity index (χ3n) is 3.51. The van der Waals surface area contributed by atoms with Crippen LogP contribution in [0.2, 0.25) is 0 Å². The molecule has 1 heterocycles. The molecule has 0 aromatic heterocycles. The van der Waals surface area contributed by atoms with Crippen LogP contribution in [-0.4, -0.2) is 24.3 Å². The third-order valence-corrected chi connectivity index (χ3v) is 3.51. The zero-order valence-electron chi connectivity index (χ0n) is 9.19. The Hall–Kier alpha value is -0.860. The van der Waals surface area contributed by atoms with Crippen LogP contribution in [0.4, 0.5) is 0 Å². The molecule has 82 valence electrons. The number of hydrogen-bond acceptors (Lipinski definition) is 2. The number of nitrogens with one attached hydrogen (secondary N) is 1. The average molecular weight is 205 g/mol. The highest BCUT2D eigenvalue weighted by Crippen LogP contribution is 2.30. The molecule has 1 aromatic carbocycles. The van der Waals surface area contributed by atoms with E-state index in [1.165, 1.54) is 5.56 Å². The van der Waals surface area contributed by atoms with Crippen molar-refractivity contribution >= 4 is 0 Å². The molecule has 2 rings (SSSR count). The number of rotatable bonds is 3. The van der Waals surface area contributed by atoms with Crippen molar-refractivity contribution in [1.29, 1.82) is 0 Å². The van der Waals surface area contributed by atoms with Crippen molar-refractivity contribution in [2.24, 2.45) is 5.92 Å². The summed E-state index contributed by atoms with van der Waals surface area (Å²) in [5, 5.41) is 12.4. The molecule has 3 atom stereocenters. The van der Waals surface area contributed by atoms with Gasteiger partial charge in [0.1, 0.15) is 0 Å². The van der Waals surface area contributed by atoms with Crippen molar-refractivity contribution in [3.63, 3.8) is 0 Å². The van der Waals surface area contributed by atoms with Gasteiger partial charge in [-0.25, -0.2) is 0 Å². The van der Waals surface area contributed by atoms with E-state index in [4.69, 9.17) is 5.11 Å². The van der Waals surface area contributed by atoms with Gasteiger partial charge >= 0.3 is 0 Å². The van der Waals surface area contributed by atoms with Gasteiger partial charge in [-0.3, -0.25) is 0 Å². The van der Waals surface area contributed by atoms with Gasteiger partial charge in [-0.05, 0) is 30.4 Å². The molecule has 2 N–H and O–H groups in total. The lowest BCUT2D eigenvalue weighted by Crippen LogP contribution is -2.24. The monoisotopic (exact) mass is 205 g/mol. The minimum absolute atomic E-state index is 0.262. The highest BCUT2D eigenvalue weighted by atomic mass is 16.3. The van der Waals surface area contributed by atoms with Gasteiger partial charge in [0.15, 0.2) is 0 Å². The topological polar surface area (TPSA) is 32.3 Å². The second-order valence-electron chi connectivity index (χ2n) is 4.48. The summed E-state index contributed by atoms with van der Waals surface area (Å²) in [6, 6.07) is 10.9. The van der Waals surface area contributed by atoms with Gasteiger partial charge in [0.05, 0.1) is 6.61 Å². The normalized spacial score (nSPS) is 27.9. The summed E-state index contributed by atoms with van der Waals surface area (Å²) >= 11 is 0. The van der Waals surface area contributed by atoms with Crippen LogP contribution >= 0.6 is 0 Å². The number of aliphatic hydroxyl groups excluding tert-OH is 1. The highest BCUT2D eigenvalue weighted by molar-refractivity contribution is 5.20. The van der Waals surface area contributed by atoms with Gasteiger partial charge < -0.3 is 10.4 Å². The molecular weight excluding hydrogens is 186 g/mol. The van der Waals surface area contributed by atoms with Crippen LogP contribution in [0.3, 0.4) is 0 Å². The van der Waals surface area contributed by atoms with E-state index in [1.807, 2.05) is 0 Å². The van der Waals surface area contributed by atoms with Crippen molar-refractivity contribution < 1.29 is 5.11 Å². The summed E-state index contributed by atoms with van der Waals surface area (Å²) in [4.78, 5) is 0. The van der Waals surface area contributed by atoms with E-state index in [0.29, 0.717) is 17.9 Å². The first-order valence-corrected chi connectivity index (χ1v) is 5.70. The average Bonchev–Trinajstić information content (AvgIpc) is 2.78. The Labute approximate surface area is 91.3 Å². The summed E-state index contributed by atoms with van der Waals surface area (Å²) in [6.07, 6.45) is 1.09. The summed E-state index contributed by atoms with van der Waals surface area (Å²) in [5.74, 6) is 1.24. The maximum absolute atomic E-state index is 9.07. The Morgan fingerprint density at radius 1 is 1.40 bits per heavy atom. The predicted octanol–water partition coefficient (Wildman–Crippen LogP) is 1.76. The molecule has 15 heavy (non-hydrogen) atoms. The maximum atomic E-state index is 9.07. The van der Waals surface area contributed by atoms with Gasteiger partial charge in [0.25, 0.3) is 0 Å². The van der Waals surface area contributed by atoms with Crippen molar-refractivity contribution in [2.75, 3.05) is 13.2 Å². The van der Waals surface area contributed by atoms with Gasteiger partial charge in [-0.15, -0.1) is 0 Å². The van der Waals surface area contributed by atoms with Crippen LogP contribution in [0.25, 0.3) is 0 Å². The molecule has 0 radical (unpaired) electrons. The first kappa shape index (κ1) is 10.7. The molecule has 0 amide bonds. The highest BCUT2D eigenvalue weighted by Gasteiger charge is 2.28. The second kappa shape index (κ2) is 4.77. The number of aliphatic hydroxyl groups is 1. The third kappa shape index (κ3) is 2.39. The zero-order chi connectivity index (χ0) is 10.7. The number of benzene rings is 1. The first-order valence-electron chi connectivity index (χ1n) is 5.70. The summed E-state index contributed by atoms with van der Waals surface area (Å²) < 4.78 is 0. The smallest absolute Gasteiger partial charge is 0.0584 e. The van der Waals surface area contributed by atoms with E-state index < -0.39 is 0 Å². The van der Waals surface area contributed by atoms with E-state index in [-0.39, 0.29) is 6.61 Å². The molecule has 1 aromatic rings. The fourth-order valence-electron chi connectivity index (χ4n) is 2.40. The minimum Gasteiger partial charge on any atom is -0.395 e. The molecule has 2 heteroatoms. The second-order valence-corrected chi connectivity index (χ2v) is 4.48. The first-order chi connectivity index (χ1) is 7.31. The van der Waals surface area contributed by atoms with Crippen molar-refractivity contribution in [3.8, 4) is 0 Å². The maximum Gasteiger partial charge on any atom is 0.0584 e. The molecule has 0 saturated carbocycles. The van der Waals surface area contributed by atoms with Crippen molar-refractivity contribution in [3.05, 3.63) is 35.9 Å². The minimum atomic E-state index is 0.262. The van der Waals surface area contributed by atoms with Crippen molar-refractivity contribution in [2.45, 2.75) is 25.3 Å². The molecule has 0 aliphatic carbocycles. The van der Waals surface area contributed by atoms with Gasteiger partial charge in [0, 0.05) is 6.04 Å². The lowest BCUT2D eigenvalue weighted by molar-refractivity contribution is 0.251. The van der Waals surface area contributed by atoms with Crippen LogP contribution in [0.1, 0.15) is 24.8 Å². The van der Waals surface area contributed by atoms with Gasteiger partial charge in [-0.1, -0.05) is 37.3 Å². The lowest BCUT2D eigenvalue weighted by atomic mass is 9.86. The molecular formula is C13H19NO. The molecule has 1 unspecified atom stereocenters.